The molecule has 0 spiro atoms. The molecule has 3 nitrogen and oxygen atoms in total. The van der Waals surface area contributed by atoms with Crippen molar-refractivity contribution in [1.29, 1.82) is 0 Å². The average molecular weight is 392 g/mol. The zero-order valence-electron chi connectivity index (χ0n) is 15.2. The summed E-state index contributed by atoms with van der Waals surface area (Å²) in [5, 5.41) is 12.9. The molecule has 1 saturated heterocycles. The van der Waals surface area contributed by atoms with Crippen molar-refractivity contribution in [1.82, 2.24) is 4.90 Å². The van der Waals surface area contributed by atoms with Gasteiger partial charge in [0.15, 0.2) is 5.78 Å². The fourth-order valence-corrected chi connectivity index (χ4v) is 3.88. The lowest BCUT2D eigenvalue weighted by molar-refractivity contribution is -0.0594. The van der Waals surface area contributed by atoms with Gasteiger partial charge in [-0.25, -0.2) is 0 Å². The average Bonchev–Trinajstić information content (AvgIpc) is 2.61. The molecule has 0 radical (unpaired) electrons. The first-order valence-corrected chi connectivity index (χ1v) is 9.46. The Morgan fingerprint density at radius 3 is 2.35 bits per heavy atom. The van der Waals surface area contributed by atoms with Gasteiger partial charge >= 0.3 is 0 Å². The van der Waals surface area contributed by atoms with Gasteiger partial charge in [-0.1, -0.05) is 35.3 Å². The molecule has 5 heteroatoms. The lowest BCUT2D eigenvalue weighted by Crippen LogP contribution is -2.52. The number of hydrogen-bond acceptors (Lipinski definition) is 3. The molecule has 2 atom stereocenters. The third-order valence-corrected chi connectivity index (χ3v) is 6.21. The number of rotatable bonds is 3. The Morgan fingerprint density at radius 2 is 1.73 bits per heavy atom. The van der Waals surface area contributed by atoms with Crippen molar-refractivity contribution in [3.8, 4) is 0 Å². The minimum atomic E-state index is -1.22. The first kappa shape index (κ1) is 19.4. The minimum absolute atomic E-state index is 0.0635. The summed E-state index contributed by atoms with van der Waals surface area (Å²) in [6.07, 6.45) is 0.494. The van der Waals surface area contributed by atoms with Crippen LogP contribution in [0.2, 0.25) is 10.0 Å². The van der Waals surface area contributed by atoms with Crippen LogP contribution < -0.4 is 0 Å². The smallest absolute Gasteiger partial charge is 0.170 e. The highest BCUT2D eigenvalue weighted by molar-refractivity contribution is 6.31. The maximum atomic E-state index is 13.3. The molecule has 3 rings (SSSR count). The van der Waals surface area contributed by atoms with E-state index >= 15 is 0 Å². The Morgan fingerprint density at radius 1 is 1.12 bits per heavy atom. The highest BCUT2D eigenvalue weighted by Gasteiger charge is 2.46. The largest absolute Gasteiger partial charge is 0.384 e. The lowest BCUT2D eigenvalue weighted by Gasteiger charge is -2.43. The van der Waals surface area contributed by atoms with Gasteiger partial charge in [-0.15, -0.1) is 0 Å². The van der Waals surface area contributed by atoms with Crippen LogP contribution in [0.5, 0.6) is 0 Å². The van der Waals surface area contributed by atoms with Crippen LogP contribution in [0.4, 0.5) is 0 Å². The first-order chi connectivity index (χ1) is 12.2. The molecule has 2 unspecified atom stereocenters. The Balaban J connectivity index is 2.03. The van der Waals surface area contributed by atoms with E-state index in [0.29, 0.717) is 28.6 Å². The van der Waals surface area contributed by atoms with Gasteiger partial charge in [0.05, 0.1) is 5.92 Å². The molecule has 1 heterocycles. The predicted octanol–water partition coefficient (Wildman–Crippen LogP) is 4.63. The van der Waals surface area contributed by atoms with Crippen LogP contribution in [0.15, 0.2) is 36.4 Å². The summed E-state index contributed by atoms with van der Waals surface area (Å²) in [6, 6.07) is 10.8. The second kappa shape index (κ2) is 7.32. The number of benzene rings is 2. The number of ketones is 1. The van der Waals surface area contributed by atoms with Crippen LogP contribution in [0.1, 0.15) is 33.5 Å². The van der Waals surface area contributed by atoms with E-state index in [9.17, 15) is 9.90 Å². The maximum absolute atomic E-state index is 13.3. The summed E-state index contributed by atoms with van der Waals surface area (Å²) in [5.41, 5.74) is 1.86. The van der Waals surface area contributed by atoms with Crippen LogP contribution in [0, 0.1) is 19.8 Å². The predicted molar refractivity (Wildman–Crippen MR) is 106 cm³/mol. The van der Waals surface area contributed by atoms with Gasteiger partial charge in [-0.05, 0) is 68.3 Å². The third kappa shape index (κ3) is 3.54. The number of Topliss-reactive ketones (excluding diaryl/α,β-unsaturated/α-hetero) is 1. The van der Waals surface area contributed by atoms with Crippen molar-refractivity contribution < 1.29 is 9.90 Å². The van der Waals surface area contributed by atoms with Crippen molar-refractivity contribution in [2.45, 2.75) is 25.9 Å². The van der Waals surface area contributed by atoms with Gasteiger partial charge in [0.1, 0.15) is 5.60 Å². The number of likely N-dealkylation sites (tertiary alicyclic amines) is 1. The van der Waals surface area contributed by atoms with Gasteiger partial charge in [-0.3, -0.25) is 4.79 Å². The van der Waals surface area contributed by atoms with Crippen molar-refractivity contribution in [2.75, 3.05) is 20.1 Å². The minimum Gasteiger partial charge on any atom is -0.384 e. The second-order valence-corrected chi connectivity index (χ2v) is 8.10. The molecule has 138 valence electrons. The molecule has 1 aliphatic heterocycles. The summed E-state index contributed by atoms with van der Waals surface area (Å²) >= 11 is 12.2. The second-order valence-electron chi connectivity index (χ2n) is 7.28. The van der Waals surface area contributed by atoms with Crippen LogP contribution in [0.3, 0.4) is 0 Å². The fourth-order valence-electron chi connectivity index (χ4n) is 3.65. The van der Waals surface area contributed by atoms with Crippen molar-refractivity contribution in [2.24, 2.45) is 5.92 Å². The van der Waals surface area contributed by atoms with E-state index in [4.69, 9.17) is 23.2 Å². The van der Waals surface area contributed by atoms with E-state index in [0.717, 1.165) is 23.2 Å². The molecule has 1 N–H and O–H groups in total. The molecule has 0 saturated carbocycles. The molecular weight excluding hydrogens is 369 g/mol. The zero-order chi connectivity index (χ0) is 19.1. The van der Waals surface area contributed by atoms with E-state index in [1.54, 1.807) is 24.3 Å². The van der Waals surface area contributed by atoms with Crippen molar-refractivity contribution in [3.63, 3.8) is 0 Å². The highest BCUT2D eigenvalue weighted by atomic mass is 35.5. The van der Waals surface area contributed by atoms with Gasteiger partial charge in [-0.2, -0.15) is 0 Å². The molecule has 0 amide bonds. The van der Waals surface area contributed by atoms with Crippen LogP contribution in [-0.4, -0.2) is 35.9 Å². The van der Waals surface area contributed by atoms with E-state index in [1.165, 1.54) is 0 Å². The van der Waals surface area contributed by atoms with Crippen LogP contribution in [0.25, 0.3) is 0 Å². The number of nitrogens with zero attached hydrogens (tertiary/aromatic N) is 1. The molecule has 0 bridgehead atoms. The zero-order valence-corrected chi connectivity index (χ0v) is 16.7. The molecule has 0 aliphatic carbocycles. The number of aliphatic hydroxyl groups is 1. The van der Waals surface area contributed by atoms with Crippen molar-refractivity contribution >= 4 is 29.0 Å². The SMILES string of the molecule is Cc1cc(C(=O)C2CN(C)CCC2(O)c2ccc(Cl)c(C)c2)ccc1Cl. The Hall–Kier alpha value is -1.39. The molecule has 26 heavy (non-hydrogen) atoms. The van der Waals surface area contributed by atoms with Gasteiger partial charge in [0, 0.05) is 28.7 Å². The van der Waals surface area contributed by atoms with Crippen LogP contribution in [-0.2, 0) is 5.60 Å². The molecule has 1 aliphatic rings. The Bertz CT molecular complexity index is 852. The van der Waals surface area contributed by atoms with Crippen LogP contribution >= 0.6 is 23.2 Å². The summed E-state index contributed by atoms with van der Waals surface area (Å²) in [7, 11) is 1.97. The number of carbonyl (C=O) groups is 1. The topological polar surface area (TPSA) is 40.5 Å². The molecule has 1 fully saturated rings. The maximum Gasteiger partial charge on any atom is 0.170 e. The summed E-state index contributed by atoms with van der Waals surface area (Å²) in [6.45, 7) is 5.00. The molecular formula is C21H23Cl2NO2. The summed E-state index contributed by atoms with van der Waals surface area (Å²) in [5.74, 6) is -0.617. The van der Waals surface area contributed by atoms with E-state index in [2.05, 4.69) is 4.90 Å². The number of piperidine rings is 1. The number of aryl methyl sites for hydroxylation is 2. The number of hydrogen-bond donors (Lipinski definition) is 1. The van der Waals surface area contributed by atoms with E-state index in [-0.39, 0.29) is 5.78 Å². The van der Waals surface area contributed by atoms with Gasteiger partial charge < -0.3 is 10.0 Å². The number of halogens is 2. The first-order valence-electron chi connectivity index (χ1n) is 8.70. The Labute approximate surface area is 164 Å². The Kier molecular flexibility index (Phi) is 5.45. The molecule has 2 aromatic carbocycles. The van der Waals surface area contributed by atoms with Gasteiger partial charge in [0.25, 0.3) is 0 Å². The standard InChI is InChI=1S/C21H23Cl2NO2/c1-13-10-15(4-6-18(13)22)20(25)17-12-24(3)9-8-21(17,26)16-5-7-19(23)14(2)11-16/h4-7,10-11,17,26H,8-9,12H2,1-3H3. The molecule has 2 aromatic rings. The highest BCUT2D eigenvalue weighted by Crippen LogP contribution is 2.40. The molecule has 0 aromatic heterocycles. The van der Waals surface area contributed by atoms with Crippen molar-refractivity contribution in [3.05, 3.63) is 68.7 Å². The van der Waals surface area contributed by atoms with Gasteiger partial charge in [0.2, 0.25) is 0 Å². The van der Waals surface area contributed by atoms with E-state index < -0.39 is 11.5 Å². The monoisotopic (exact) mass is 391 g/mol. The van der Waals surface area contributed by atoms with E-state index in [1.807, 2.05) is 33.0 Å². The fraction of sp³-hybridized carbons (Fsp3) is 0.381. The number of carbonyl (C=O) groups excluding carboxylic acids is 1. The normalized spacial score (nSPS) is 23.8. The summed E-state index contributed by atoms with van der Waals surface area (Å²) < 4.78 is 0. The summed E-state index contributed by atoms with van der Waals surface area (Å²) in [4.78, 5) is 15.4. The quantitative estimate of drug-likeness (QED) is 0.775. The lowest BCUT2D eigenvalue weighted by atomic mass is 9.72. The third-order valence-electron chi connectivity index (χ3n) is 5.36.